The van der Waals surface area contributed by atoms with Gasteiger partial charge in [-0.2, -0.15) is 0 Å². The van der Waals surface area contributed by atoms with Gasteiger partial charge in [-0.15, -0.1) is 0 Å². The number of hydrogen-bond donors (Lipinski definition) is 1. The Morgan fingerprint density at radius 2 is 2.38 bits per heavy atom. The highest BCUT2D eigenvalue weighted by Gasteiger charge is 2.22. The Labute approximate surface area is 97.4 Å². The molecular formula is C12H22N4. The molecule has 1 aliphatic rings. The van der Waals surface area contributed by atoms with Crippen LogP contribution in [0.3, 0.4) is 0 Å². The molecule has 1 atom stereocenters. The molecule has 2 rings (SSSR count). The molecule has 0 fully saturated rings. The van der Waals surface area contributed by atoms with E-state index in [0.717, 1.165) is 19.5 Å². The fraction of sp³-hybridized carbons (Fsp3) is 0.750. The van der Waals surface area contributed by atoms with Crippen molar-refractivity contribution >= 4 is 0 Å². The van der Waals surface area contributed by atoms with Crippen LogP contribution in [-0.4, -0.2) is 35.1 Å². The first-order valence-electron chi connectivity index (χ1n) is 6.11. The molecular weight excluding hydrogens is 200 g/mol. The number of fused-ring (bicyclic) bond motifs is 1. The lowest BCUT2D eigenvalue weighted by Gasteiger charge is -2.26. The van der Waals surface area contributed by atoms with Gasteiger partial charge >= 0.3 is 0 Å². The van der Waals surface area contributed by atoms with Gasteiger partial charge in [0.15, 0.2) is 0 Å². The molecule has 0 bridgehead atoms. The summed E-state index contributed by atoms with van der Waals surface area (Å²) < 4.78 is 2.36. The molecule has 2 N–H and O–H groups in total. The van der Waals surface area contributed by atoms with Crippen LogP contribution in [0.25, 0.3) is 0 Å². The minimum absolute atomic E-state index is 0.581. The van der Waals surface area contributed by atoms with E-state index in [1.165, 1.54) is 30.7 Å². The van der Waals surface area contributed by atoms with Gasteiger partial charge in [0.25, 0.3) is 0 Å². The summed E-state index contributed by atoms with van der Waals surface area (Å²) >= 11 is 0. The number of imidazole rings is 1. The molecule has 0 radical (unpaired) electrons. The summed E-state index contributed by atoms with van der Waals surface area (Å²) in [7, 11) is 4.18. The predicted molar refractivity (Wildman–Crippen MR) is 65.3 cm³/mol. The van der Waals surface area contributed by atoms with E-state index in [1.807, 2.05) is 6.33 Å². The standard InChI is InChI=1S/C12H22N4/c1-15(2)8-11-12-5-3-4-10(6-7-13)16(12)9-14-11/h9-10H,3-8,13H2,1-2H3. The molecule has 1 aliphatic heterocycles. The maximum atomic E-state index is 5.66. The summed E-state index contributed by atoms with van der Waals surface area (Å²) in [4.78, 5) is 6.73. The van der Waals surface area contributed by atoms with Gasteiger partial charge in [-0.1, -0.05) is 0 Å². The summed E-state index contributed by atoms with van der Waals surface area (Å²) in [6.07, 6.45) is 6.78. The summed E-state index contributed by atoms with van der Waals surface area (Å²) in [6, 6.07) is 0.581. The van der Waals surface area contributed by atoms with Gasteiger partial charge in [0.05, 0.1) is 12.0 Å². The molecule has 0 saturated heterocycles. The van der Waals surface area contributed by atoms with Crippen molar-refractivity contribution in [2.24, 2.45) is 5.73 Å². The Hall–Kier alpha value is -0.870. The lowest BCUT2D eigenvalue weighted by molar-refractivity contribution is 0.370. The second-order valence-corrected chi connectivity index (χ2v) is 4.91. The van der Waals surface area contributed by atoms with E-state index >= 15 is 0 Å². The summed E-state index contributed by atoms with van der Waals surface area (Å²) in [5.74, 6) is 0. The van der Waals surface area contributed by atoms with E-state index < -0.39 is 0 Å². The minimum atomic E-state index is 0.581. The molecule has 0 spiro atoms. The van der Waals surface area contributed by atoms with E-state index in [4.69, 9.17) is 5.73 Å². The third-order valence-electron chi connectivity index (χ3n) is 3.29. The van der Waals surface area contributed by atoms with E-state index in [0.29, 0.717) is 6.04 Å². The molecule has 0 aliphatic carbocycles. The number of aromatic nitrogens is 2. The SMILES string of the molecule is CN(C)Cc1ncn2c1CCCC2CCN. The van der Waals surface area contributed by atoms with Crippen LogP contribution in [0.2, 0.25) is 0 Å². The van der Waals surface area contributed by atoms with Crippen molar-refractivity contribution in [3.05, 3.63) is 17.7 Å². The van der Waals surface area contributed by atoms with Crippen LogP contribution >= 0.6 is 0 Å². The summed E-state index contributed by atoms with van der Waals surface area (Å²) in [6.45, 7) is 1.71. The molecule has 1 aromatic rings. The maximum Gasteiger partial charge on any atom is 0.0954 e. The lowest BCUT2D eigenvalue weighted by Crippen LogP contribution is -2.21. The Morgan fingerprint density at radius 1 is 1.56 bits per heavy atom. The smallest absolute Gasteiger partial charge is 0.0954 e. The molecule has 90 valence electrons. The Balaban J connectivity index is 2.20. The third kappa shape index (κ3) is 2.28. The molecule has 0 amide bonds. The fourth-order valence-electron chi connectivity index (χ4n) is 2.56. The van der Waals surface area contributed by atoms with Gasteiger partial charge in [0.1, 0.15) is 0 Å². The van der Waals surface area contributed by atoms with Gasteiger partial charge in [-0.25, -0.2) is 4.98 Å². The predicted octanol–water partition coefficient (Wildman–Crippen LogP) is 1.17. The van der Waals surface area contributed by atoms with E-state index in [1.54, 1.807) is 0 Å². The largest absolute Gasteiger partial charge is 0.331 e. The highest BCUT2D eigenvalue weighted by molar-refractivity contribution is 5.16. The first-order chi connectivity index (χ1) is 7.72. The lowest BCUT2D eigenvalue weighted by atomic mass is 9.99. The van der Waals surface area contributed by atoms with Gasteiger partial charge < -0.3 is 15.2 Å². The van der Waals surface area contributed by atoms with Crippen molar-refractivity contribution < 1.29 is 0 Å². The van der Waals surface area contributed by atoms with Crippen LogP contribution in [0.15, 0.2) is 6.33 Å². The van der Waals surface area contributed by atoms with E-state index in [2.05, 4.69) is 28.5 Å². The molecule has 4 heteroatoms. The number of nitrogens with two attached hydrogens (primary N) is 1. The quantitative estimate of drug-likeness (QED) is 0.832. The highest BCUT2D eigenvalue weighted by Crippen LogP contribution is 2.28. The topological polar surface area (TPSA) is 47.1 Å². The Bertz CT molecular complexity index is 343. The zero-order valence-corrected chi connectivity index (χ0v) is 10.3. The normalized spacial score (nSPS) is 20.1. The van der Waals surface area contributed by atoms with Gasteiger partial charge in [0.2, 0.25) is 0 Å². The Kier molecular flexibility index (Phi) is 3.61. The van der Waals surface area contributed by atoms with Crippen LogP contribution in [0.4, 0.5) is 0 Å². The van der Waals surface area contributed by atoms with Crippen molar-refractivity contribution in [1.29, 1.82) is 0 Å². The van der Waals surface area contributed by atoms with Gasteiger partial charge in [-0.3, -0.25) is 0 Å². The van der Waals surface area contributed by atoms with E-state index in [-0.39, 0.29) is 0 Å². The van der Waals surface area contributed by atoms with Crippen molar-refractivity contribution in [2.75, 3.05) is 20.6 Å². The van der Waals surface area contributed by atoms with Crippen LogP contribution < -0.4 is 5.73 Å². The van der Waals surface area contributed by atoms with Crippen LogP contribution in [-0.2, 0) is 13.0 Å². The monoisotopic (exact) mass is 222 g/mol. The second-order valence-electron chi connectivity index (χ2n) is 4.91. The average Bonchev–Trinajstić information content (AvgIpc) is 2.63. The average molecular weight is 222 g/mol. The Morgan fingerprint density at radius 3 is 3.06 bits per heavy atom. The van der Waals surface area contributed by atoms with Crippen molar-refractivity contribution in [3.8, 4) is 0 Å². The molecule has 1 unspecified atom stereocenters. The molecule has 0 aromatic carbocycles. The number of rotatable bonds is 4. The van der Waals surface area contributed by atoms with Crippen molar-refractivity contribution in [3.63, 3.8) is 0 Å². The second kappa shape index (κ2) is 4.97. The zero-order chi connectivity index (χ0) is 11.5. The summed E-state index contributed by atoms with van der Waals surface area (Å²) in [5, 5.41) is 0. The van der Waals surface area contributed by atoms with Crippen LogP contribution in [0, 0.1) is 0 Å². The molecule has 4 nitrogen and oxygen atoms in total. The van der Waals surface area contributed by atoms with Crippen molar-refractivity contribution in [1.82, 2.24) is 14.5 Å². The van der Waals surface area contributed by atoms with Gasteiger partial charge in [0, 0.05) is 18.3 Å². The maximum absolute atomic E-state index is 5.66. The first-order valence-corrected chi connectivity index (χ1v) is 6.11. The number of hydrogen-bond acceptors (Lipinski definition) is 3. The minimum Gasteiger partial charge on any atom is -0.331 e. The van der Waals surface area contributed by atoms with Gasteiger partial charge in [-0.05, 0) is 46.3 Å². The van der Waals surface area contributed by atoms with E-state index in [9.17, 15) is 0 Å². The number of nitrogens with zero attached hydrogens (tertiary/aromatic N) is 3. The van der Waals surface area contributed by atoms with Crippen LogP contribution in [0.5, 0.6) is 0 Å². The van der Waals surface area contributed by atoms with Crippen LogP contribution in [0.1, 0.15) is 36.7 Å². The summed E-state index contributed by atoms with van der Waals surface area (Å²) in [5.41, 5.74) is 8.33. The molecule has 2 heterocycles. The molecule has 1 aromatic heterocycles. The fourth-order valence-corrected chi connectivity index (χ4v) is 2.56. The first kappa shape index (κ1) is 11.6. The molecule has 0 saturated carbocycles. The third-order valence-corrected chi connectivity index (χ3v) is 3.29. The highest BCUT2D eigenvalue weighted by atomic mass is 15.1. The van der Waals surface area contributed by atoms with Crippen molar-refractivity contribution in [2.45, 2.75) is 38.3 Å². The molecule has 16 heavy (non-hydrogen) atoms. The zero-order valence-electron chi connectivity index (χ0n) is 10.3.